The van der Waals surface area contributed by atoms with Crippen LogP contribution in [0.1, 0.15) is 18.6 Å². The third kappa shape index (κ3) is 1.90. The summed E-state index contributed by atoms with van der Waals surface area (Å²) in [5.41, 5.74) is 1.01. The molecule has 0 aliphatic heterocycles. The van der Waals surface area contributed by atoms with Crippen LogP contribution in [0.25, 0.3) is 11.3 Å². The van der Waals surface area contributed by atoms with E-state index >= 15 is 0 Å². The van der Waals surface area contributed by atoms with Crippen LogP contribution in [-0.4, -0.2) is 0 Å². The lowest BCUT2D eigenvalue weighted by atomic mass is 10.2. The Balaban J connectivity index is 2.10. The van der Waals surface area contributed by atoms with E-state index in [-0.39, 0.29) is 0 Å². The molecule has 1 radical (unpaired) electrons. The second-order valence-corrected chi connectivity index (χ2v) is 3.24. The molecule has 2 rings (SSSR count). The average Bonchev–Trinajstić information content (AvgIpc) is 2.85. The van der Waals surface area contributed by atoms with Gasteiger partial charge in [-0.05, 0) is 24.6 Å². The predicted molar refractivity (Wildman–Crippen MR) is 54.7 cm³/mol. The molecule has 2 aromatic heterocycles. The third-order valence-electron chi connectivity index (χ3n) is 2.13. The predicted octanol–water partition coefficient (Wildman–Crippen LogP) is 3.70. The highest BCUT2D eigenvalue weighted by atomic mass is 16.3. The Morgan fingerprint density at radius 2 is 2.21 bits per heavy atom. The Kier molecular flexibility index (Phi) is 2.73. The summed E-state index contributed by atoms with van der Waals surface area (Å²) < 4.78 is 10.7. The van der Waals surface area contributed by atoms with Gasteiger partial charge in [-0.1, -0.05) is 13.3 Å². The fourth-order valence-corrected chi connectivity index (χ4v) is 1.38. The standard InChI is InChI=1S/C12H13O2/c1-2-3-5-11-8-10(9-14-11)12-6-4-7-13-12/h4,6-9H,1-3,5H2. The van der Waals surface area contributed by atoms with Crippen LogP contribution in [0.3, 0.4) is 0 Å². The van der Waals surface area contributed by atoms with Crippen molar-refractivity contribution in [2.75, 3.05) is 0 Å². The van der Waals surface area contributed by atoms with Crippen LogP contribution in [0.4, 0.5) is 0 Å². The van der Waals surface area contributed by atoms with Gasteiger partial charge in [-0.25, -0.2) is 0 Å². The van der Waals surface area contributed by atoms with Crippen molar-refractivity contribution < 1.29 is 8.83 Å². The summed E-state index contributed by atoms with van der Waals surface area (Å²) in [7, 11) is 0. The molecule has 2 aromatic rings. The normalized spacial score (nSPS) is 10.6. The van der Waals surface area contributed by atoms with Crippen molar-refractivity contribution >= 4 is 0 Å². The van der Waals surface area contributed by atoms with Gasteiger partial charge in [-0.15, -0.1) is 0 Å². The maximum atomic E-state index is 5.40. The van der Waals surface area contributed by atoms with Gasteiger partial charge in [0.25, 0.3) is 0 Å². The Morgan fingerprint density at radius 1 is 1.29 bits per heavy atom. The number of hydrogen-bond donors (Lipinski definition) is 0. The second-order valence-electron chi connectivity index (χ2n) is 3.24. The number of rotatable bonds is 4. The first-order valence-electron chi connectivity index (χ1n) is 4.80. The van der Waals surface area contributed by atoms with Gasteiger partial charge >= 0.3 is 0 Å². The average molecular weight is 189 g/mol. The van der Waals surface area contributed by atoms with Crippen molar-refractivity contribution in [2.24, 2.45) is 0 Å². The van der Waals surface area contributed by atoms with E-state index in [1.54, 1.807) is 12.5 Å². The smallest absolute Gasteiger partial charge is 0.137 e. The van der Waals surface area contributed by atoms with Crippen LogP contribution in [0.2, 0.25) is 0 Å². The molecule has 14 heavy (non-hydrogen) atoms. The summed E-state index contributed by atoms with van der Waals surface area (Å²) in [6.07, 6.45) is 6.35. The second kappa shape index (κ2) is 4.18. The van der Waals surface area contributed by atoms with Gasteiger partial charge in [0.2, 0.25) is 0 Å². The maximum Gasteiger partial charge on any atom is 0.137 e. The van der Waals surface area contributed by atoms with Crippen molar-refractivity contribution in [1.82, 2.24) is 0 Å². The molecule has 0 atom stereocenters. The lowest BCUT2D eigenvalue weighted by molar-refractivity contribution is 0.502. The van der Waals surface area contributed by atoms with E-state index in [0.717, 1.165) is 36.3 Å². The maximum absolute atomic E-state index is 5.40. The van der Waals surface area contributed by atoms with E-state index in [9.17, 15) is 0 Å². The zero-order valence-corrected chi connectivity index (χ0v) is 8.03. The van der Waals surface area contributed by atoms with Crippen LogP contribution in [0.5, 0.6) is 0 Å². The Bertz CT molecular complexity index is 371. The van der Waals surface area contributed by atoms with Crippen LogP contribution in [0.15, 0.2) is 39.6 Å². The zero-order valence-electron chi connectivity index (χ0n) is 8.03. The topological polar surface area (TPSA) is 26.3 Å². The number of aryl methyl sites for hydroxylation is 1. The first kappa shape index (κ1) is 9.13. The Morgan fingerprint density at radius 3 is 2.93 bits per heavy atom. The highest BCUT2D eigenvalue weighted by Gasteiger charge is 2.05. The molecular formula is C12H13O2. The minimum Gasteiger partial charge on any atom is -0.469 e. The van der Waals surface area contributed by atoms with Crippen molar-refractivity contribution in [2.45, 2.75) is 19.3 Å². The zero-order chi connectivity index (χ0) is 9.80. The van der Waals surface area contributed by atoms with Crippen molar-refractivity contribution in [3.63, 3.8) is 0 Å². The highest BCUT2D eigenvalue weighted by Crippen LogP contribution is 2.23. The van der Waals surface area contributed by atoms with Crippen molar-refractivity contribution in [1.29, 1.82) is 0 Å². The molecule has 2 nitrogen and oxygen atoms in total. The summed E-state index contributed by atoms with van der Waals surface area (Å²) >= 11 is 0. The van der Waals surface area contributed by atoms with Gasteiger partial charge in [0, 0.05) is 6.42 Å². The van der Waals surface area contributed by atoms with E-state index in [1.807, 2.05) is 18.2 Å². The molecule has 2 heterocycles. The fraction of sp³-hybridized carbons (Fsp3) is 0.250. The molecule has 0 aliphatic carbocycles. The van der Waals surface area contributed by atoms with Crippen molar-refractivity contribution in [3.8, 4) is 11.3 Å². The molecule has 2 heteroatoms. The summed E-state index contributed by atoms with van der Waals surface area (Å²) in [6, 6.07) is 5.82. The van der Waals surface area contributed by atoms with Crippen LogP contribution < -0.4 is 0 Å². The molecule has 0 spiro atoms. The van der Waals surface area contributed by atoms with E-state index in [2.05, 4.69) is 6.92 Å². The molecule has 73 valence electrons. The molecule has 0 unspecified atom stereocenters. The number of hydrogen-bond acceptors (Lipinski definition) is 2. The fourth-order valence-electron chi connectivity index (χ4n) is 1.38. The van der Waals surface area contributed by atoms with Gasteiger partial charge in [0.05, 0.1) is 11.8 Å². The largest absolute Gasteiger partial charge is 0.469 e. The van der Waals surface area contributed by atoms with Crippen LogP contribution in [0, 0.1) is 6.92 Å². The molecular weight excluding hydrogens is 176 g/mol. The Labute approximate surface area is 83.5 Å². The van der Waals surface area contributed by atoms with Crippen molar-refractivity contribution in [3.05, 3.63) is 43.4 Å². The van der Waals surface area contributed by atoms with Gasteiger partial charge in [0.15, 0.2) is 0 Å². The SMILES string of the molecule is [CH2]CCCc1cc(-c2ccco2)co1. The quantitative estimate of drug-likeness (QED) is 0.733. The minimum atomic E-state index is 0.856. The summed E-state index contributed by atoms with van der Waals surface area (Å²) in [5.74, 6) is 1.86. The first-order valence-corrected chi connectivity index (χ1v) is 4.80. The highest BCUT2D eigenvalue weighted by molar-refractivity contribution is 5.55. The molecule has 0 fully saturated rings. The molecule has 0 bridgehead atoms. The van der Waals surface area contributed by atoms with E-state index in [4.69, 9.17) is 8.83 Å². The molecule has 0 saturated carbocycles. The van der Waals surface area contributed by atoms with Crippen LogP contribution in [-0.2, 0) is 6.42 Å². The van der Waals surface area contributed by atoms with Gasteiger partial charge in [0.1, 0.15) is 17.8 Å². The molecule has 0 N–H and O–H groups in total. The molecule has 0 saturated heterocycles. The molecule has 0 amide bonds. The lowest BCUT2D eigenvalue weighted by Gasteiger charge is -1.90. The number of unbranched alkanes of at least 4 members (excludes halogenated alkanes) is 1. The summed E-state index contributed by atoms with van der Waals surface area (Å²) in [4.78, 5) is 0. The summed E-state index contributed by atoms with van der Waals surface area (Å²) in [6.45, 7) is 3.80. The molecule has 0 aliphatic rings. The van der Waals surface area contributed by atoms with Gasteiger partial charge in [-0.2, -0.15) is 0 Å². The molecule has 0 aromatic carbocycles. The monoisotopic (exact) mass is 189 g/mol. The van der Waals surface area contributed by atoms with Crippen LogP contribution >= 0.6 is 0 Å². The number of furan rings is 2. The van der Waals surface area contributed by atoms with Gasteiger partial charge < -0.3 is 8.83 Å². The Hall–Kier alpha value is -1.44. The third-order valence-corrected chi connectivity index (χ3v) is 2.13. The van der Waals surface area contributed by atoms with E-state index < -0.39 is 0 Å². The van der Waals surface area contributed by atoms with E-state index in [0.29, 0.717) is 0 Å². The van der Waals surface area contributed by atoms with E-state index in [1.165, 1.54) is 0 Å². The minimum absolute atomic E-state index is 0.856. The van der Waals surface area contributed by atoms with Gasteiger partial charge in [-0.3, -0.25) is 0 Å². The summed E-state index contributed by atoms with van der Waals surface area (Å²) in [5, 5.41) is 0. The lowest BCUT2D eigenvalue weighted by Crippen LogP contribution is -1.78. The first-order chi connectivity index (χ1) is 6.90.